The maximum Gasteiger partial charge on any atom is 0.0721 e. The van der Waals surface area contributed by atoms with Crippen molar-refractivity contribution in [3.63, 3.8) is 0 Å². The van der Waals surface area contributed by atoms with E-state index >= 15 is 0 Å². The van der Waals surface area contributed by atoms with Crippen LogP contribution in [0.25, 0.3) is 41.7 Å². The molecule has 0 fully saturated rings. The first-order valence-corrected chi connectivity index (χ1v) is 15.9. The summed E-state index contributed by atoms with van der Waals surface area (Å²) >= 11 is 1.94. The fraction of sp³-hybridized carbons (Fsp3) is 0.0952. The molecule has 8 aromatic rings. The molecule has 9 rings (SSSR count). The van der Waals surface area contributed by atoms with Crippen LogP contribution in [0.1, 0.15) is 47.2 Å². The minimum absolute atomic E-state index is 0.126. The fourth-order valence-electron chi connectivity index (χ4n) is 7.96. The molecule has 0 saturated heterocycles. The van der Waals surface area contributed by atoms with Gasteiger partial charge in [0.2, 0.25) is 0 Å². The van der Waals surface area contributed by atoms with Gasteiger partial charge in [0.1, 0.15) is 0 Å². The van der Waals surface area contributed by atoms with Gasteiger partial charge in [-0.1, -0.05) is 141 Å². The molecule has 0 atom stereocenters. The Bertz CT molecular complexity index is 2340. The molecule has 1 heteroatoms. The number of hydrogen-bond donors (Lipinski definition) is 0. The van der Waals surface area contributed by atoms with E-state index in [4.69, 9.17) is 0 Å². The highest BCUT2D eigenvalue weighted by Crippen LogP contribution is 2.58. The summed E-state index contributed by atoms with van der Waals surface area (Å²) in [5.74, 6) is 0. The molecule has 7 aromatic carbocycles. The van der Waals surface area contributed by atoms with Crippen molar-refractivity contribution >= 4 is 53.1 Å². The standard InChI is InChI=1S/C42H30S/c1-41(2)34-17-7-9-19-36(34)42(37-20-10-8-18-35(37)41,31-23-22-27-12-3-4-13-28(27)24-31)38-21-11-16-32-33-25-29-14-5-6-15-30(29)26-39(33)43-40(32)38/h3-26H,1-2H3. The minimum atomic E-state index is -0.480. The first-order valence-electron chi connectivity index (χ1n) is 15.1. The summed E-state index contributed by atoms with van der Waals surface area (Å²) in [6, 6.07) is 54.8. The van der Waals surface area contributed by atoms with Crippen molar-refractivity contribution in [2.45, 2.75) is 24.7 Å². The SMILES string of the molecule is CC1(C)c2ccccc2C(c2ccc3ccccc3c2)(c2cccc3c2sc2cc4ccccc4cc23)c2ccccc21. The Morgan fingerprint density at radius 1 is 0.419 bits per heavy atom. The van der Waals surface area contributed by atoms with E-state index in [-0.39, 0.29) is 5.41 Å². The fourth-order valence-corrected chi connectivity index (χ4v) is 9.26. The molecule has 0 nitrogen and oxygen atoms in total. The van der Waals surface area contributed by atoms with Gasteiger partial charge in [-0.05, 0) is 73.1 Å². The van der Waals surface area contributed by atoms with E-state index in [1.165, 1.54) is 75.1 Å². The van der Waals surface area contributed by atoms with E-state index in [1.54, 1.807) is 0 Å². The summed E-state index contributed by atoms with van der Waals surface area (Å²) < 4.78 is 2.71. The number of thiophene rings is 1. The number of hydrogen-bond acceptors (Lipinski definition) is 1. The average molecular weight is 567 g/mol. The van der Waals surface area contributed by atoms with E-state index in [0.717, 1.165) is 0 Å². The normalized spacial score (nSPS) is 15.1. The predicted molar refractivity (Wildman–Crippen MR) is 185 cm³/mol. The first kappa shape index (κ1) is 24.8. The van der Waals surface area contributed by atoms with Crippen LogP contribution >= 0.6 is 11.3 Å². The lowest BCUT2D eigenvalue weighted by Gasteiger charge is -2.48. The van der Waals surface area contributed by atoms with Crippen LogP contribution in [0.2, 0.25) is 0 Å². The summed E-state index contributed by atoms with van der Waals surface area (Å²) in [5, 5.41) is 7.80. The molecular weight excluding hydrogens is 537 g/mol. The molecule has 1 aliphatic rings. The Labute approximate surface area is 255 Å². The highest BCUT2D eigenvalue weighted by atomic mass is 32.1. The monoisotopic (exact) mass is 566 g/mol. The van der Waals surface area contributed by atoms with Crippen LogP contribution in [0.5, 0.6) is 0 Å². The summed E-state index contributed by atoms with van der Waals surface area (Å²) in [6.45, 7) is 4.78. The van der Waals surface area contributed by atoms with Gasteiger partial charge >= 0.3 is 0 Å². The third kappa shape index (κ3) is 3.32. The molecule has 0 saturated carbocycles. The first-order chi connectivity index (χ1) is 21.1. The van der Waals surface area contributed by atoms with Crippen molar-refractivity contribution in [3.05, 3.63) is 179 Å². The lowest BCUT2D eigenvalue weighted by Crippen LogP contribution is -2.41. The van der Waals surface area contributed by atoms with Crippen LogP contribution in [-0.2, 0) is 10.8 Å². The number of rotatable bonds is 2. The molecule has 0 aliphatic heterocycles. The second kappa shape index (κ2) is 8.89. The Balaban J connectivity index is 1.49. The van der Waals surface area contributed by atoms with Gasteiger partial charge in [-0.3, -0.25) is 0 Å². The zero-order chi connectivity index (χ0) is 28.8. The van der Waals surface area contributed by atoms with Crippen LogP contribution < -0.4 is 0 Å². The van der Waals surface area contributed by atoms with E-state index in [1.807, 2.05) is 11.3 Å². The van der Waals surface area contributed by atoms with Crippen molar-refractivity contribution in [1.29, 1.82) is 0 Å². The molecular formula is C42H30S. The molecule has 0 bridgehead atoms. The van der Waals surface area contributed by atoms with Gasteiger partial charge in [-0.2, -0.15) is 0 Å². The maximum absolute atomic E-state index is 2.45. The molecule has 0 unspecified atom stereocenters. The van der Waals surface area contributed by atoms with Gasteiger partial charge in [0, 0.05) is 25.6 Å². The van der Waals surface area contributed by atoms with Crippen LogP contribution in [0, 0.1) is 0 Å². The largest absolute Gasteiger partial charge is 0.135 e. The minimum Gasteiger partial charge on any atom is -0.135 e. The third-order valence-corrected chi connectivity index (χ3v) is 11.2. The van der Waals surface area contributed by atoms with Gasteiger partial charge in [0.05, 0.1) is 5.41 Å². The molecule has 204 valence electrons. The maximum atomic E-state index is 2.45. The quantitative estimate of drug-likeness (QED) is 0.195. The van der Waals surface area contributed by atoms with Gasteiger partial charge in [0.15, 0.2) is 0 Å². The Kier molecular flexibility index (Phi) is 5.14. The lowest BCUT2D eigenvalue weighted by molar-refractivity contribution is 0.560. The Hall–Kier alpha value is -4.72. The molecule has 1 aliphatic carbocycles. The summed E-state index contributed by atoms with van der Waals surface area (Å²) in [6.07, 6.45) is 0. The summed E-state index contributed by atoms with van der Waals surface area (Å²) in [7, 11) is 0. The zero-order valence-corrected chi connectivity index (χ0v) is 25.1. The third-order valence-electron chi connectivity index (χ3n) is 9.96. The Morgan fingerprint density at radius 3 is 1.63 bits per heavy atom. The van der Waals surface area contributed by atoms with Crippen molar-refractivity contribution < 1.29 is 0 Å². The van der Waals surface area contributed by atoms with E-state index < -0.39 is 5.41 Å². The van der Waals surface area contributed by atoms with Crippen LogP contribution in [0.3, 0.4) is 0 Å². The van der Waals surface area contributed by atoms with Crippen LogP contribution in [-0.4, -0.2) is 0 Å². The van der Waals surface area contributed by atoms with Gasteiger partial charge in [-0.25, -0.2) is 0 Å². The smallest absolute Gasteiger partial charge is 0.0721 e. The average Bonchev–Trinajstić information content (AvgIpc) is 3.42. The predicted octanol–water partition coefficient (Wildman–Crippen LogP) is 11.4. The number of fused-ring (bicyclic) bond motifs is 7. The topological polar surface area (TPSA) is 0 Å². The highest BCUT2D eigenvalue weighted by Gasteiger charge is 2.49. The molecule has 1 aromatic heterocycles. The summed E-state index contributed by atoms with van der Waals surface area (Å²) in [4.78, 5) is 0. The lowest BCUT2D eigenvalue weighted by atomic mass is 9.54. The van der Waals surface area contributed by atoms with Gasteiger partial charge < -0.3 is 0 Å². The second-order valence-corrected chi connectivity index (χ2v) is 13.6. The van der Waals surface area contributed by atoms with E-state index in [2.05, 4.69) is 159 Å². The molecule has 1 heterocycles. The second-order valence-electron chi connectivity index (χ2n) is 12.5. The molecule has 0 amide bonds. The zero-order valence-electron chi connectivity index (χ0n) is 24.3. The number of benzene rings is 7. The van der Waals surface area contributed by atoms with E-state index in [0.29, 0.717) is 0 Å². The van der Waals surface area contributed by atoms with Gasteiger partial charge in [-0.15, -0.1) is 11.3 Å². The van der Waals surface area contributed by atoms with Gasteiger partial charge in [0.25, 0.3) is 0 Å². The van der Waals surface area contributed by atoms with Crippen molar-refractivity contribution in [1.82, 2.24) is 0 Å². The molecule has 43 heavy (non-hydrogen) atoms. The molecule has 0 N–H and O–H groups in total. The van der Waals surface area contributed by atoms with Crippen molar-refractivity contribution in [3.8, 4) is 0 Å². The van der Waals surface area contributed by atoms with E-state index in [9.17, 15) is 0 Å². The van der Waals surface area contributed by atoms with Crippen molar-refractivity contribution in [2.75, 3.05) is 0 Å². The molecule has 0 spiro atoms. The highest BCUT2D eigenvalue weighted by molar-refractivity contribution is 7.26. The van der Waals surface area contributed by atoms with Crippen LogP contribution in [0.15, 0.2) is 146 Å². The Morgan fingerprint density at radius 2 is 0.953 bits per heavy atom. The van der Waals surface area contributed by atoms with Crippen molar-refractivity contribution in [2.24, 2.45) is 0 Å². The van der Waals surface area contributed by atoms with Crippen LogP contribution in [0.4, 0.5) is 0 Å². The summed E-state index contributed by atoms with van der Waals surface area (Å²) in [5.41, 5.74) is 7.62. The molecule has 0 radical (unpaired) electrons.